The van der Waals surface area contributed by atoms with Gasteiger partial charge < -0.3 is 39.6 Å². The van der Waals surface area contributed by atoms with E-state index in [-0.39, 0.29) is 26.3 Å². The summed E-state index contributed by atoms with van der Waals surface area (Å²) in [4.78, 5) is 23.7. The molecule has 2 rings (SSSR count). The smallest absolute Gasteiger partial charge is 0.480 e. The third-order valence-electron chi connectivity index (χ3n) is 3.11. The van der Waals surface area contributed by atoms with Gasteiger partial charge in [0.05, 0.1) is 0 Å². The van der Waals surface area contributed by atoms with E-state index in [1.807, 2.05) is 42.5 Å². The van der Waals surface area contributed by atoms with Crippen LogP contribution in [0.2, 0.25) is 0 Å². The van der Waals surface area contributed by atoms with Gasteiger partial charge in [-0.1, -0.05) is 30.3 Å². The molecular weight excluding hydrogens is 411 g/mol. The number of benzene rings is 1. The van der Waals surface area contributed by atoms with Gasteiger partial charge in [0.1, 0.15) is 6.04 Å². The Labute approximate surface area is 163 Å². The van der Waals surface area contributed by atoms with Crippen molar-refractivity contribution >= 4 is 11.9 Å². The number of carboxylic acid groups (broad SMARTS) is 1. The van der Waals surface area contributed by atoms with Gasteiger partial charge in [-0.2, -0.15) is 0 Å². The van der Waals surface area contributed by atoms with Crippen LogP contribution in [0.5, 0.6) is 0 Å². The van der Waals surface area contributed by atoms with Crippen molar-refractivity contribution in [3.63, 3.8) is 0 Å². The maximum absolute atomic E-state index is 10.8. The number of carboxylic acids is 1. The third-order valence-corrected chi connectivity index (χ3v) is 3.11. The van der Waals surface area contributed by atoms with E-state index in [0.717, 1.165) is 12.1 Å². The maximum atomic E-state index is 10.8. The van der Waals surface area contributed by atoms with Gasteiger partial charge >= 0.3 is 26.4 Å². The number of nitrogens with one attached hydrogen (secondary N) is 1. The van der Waals surface area contributed by atoms with Crippen LogP contribution in [-0.4, -0.2) is 42.0 Å². The molecule has 2 N–H and O–H groups in total. The first-order chi connectivity index (χ1) is 11.4. The molecule has 0 bridgehead atoms. The second-order valence-electron chi connectivity index (χ2n) is 5.71. The monoisotopic (exact) mass is 434 g/mol. The first-order valence-electron chi connectivity index (χ1n) is 7.69. The van der Waals surface area contributed by atoms with E-state index in [1.54, 1.807) is 0 Å². The standard InChI is InChI=1S/C11H13NO3.C8H11N.Pd/c1-8(13)12-10(11(14)15)7-9-5-3-2-4-6-9;1-9(2)7-8-5-3-4-6-8;/h2-6,10H,7H2,1H3,(H,12,13)(H,14,15);3-5H,7H2,1-2H3;/q;-2;+2/t10-;;/m0../s1. The summed E-state index contributed by atoms with van der Waals surface area (Å²) in [5.41, 5.74) is 2.15. The number of carbonyl (C=O) groups excluding carboxylic acids is 1. The predicted molar refractivity (Wildman–Crippen MR) is 93.6 cm³/mol. The Balaban J connectivity index is 0.000000495. The van der Waals surface area contributed by atoms with Gasteiger partial charge in [0, 0.05) is 13.3 Å². The van der Waals surface area contributed by atoms with Crippen LogP contribution in [0, 0.1) is 6.07 Å². The molecule has 0 aliphatic carbocycles. The first kappa shape index (κ1) is 23.1. The Morgan fingerprint density at radius 3 is 2.36 bits per heavy atom. The van der Waals surface area contributed by atoms with Crippen LogP contribution in [0.15, 0.2) is 48.5 Å². The molecule has 5 nitrogen and oxygen atoms in total. The molecule has 1 amide bonds. The largest absolute Gasteiger partial charge is 2.00 e. The zero-order valence-electron chi connectivity index (χ0n) is 14.6. The van der Waals surface area contributed by atoms with Crippen molar-refractivity contribution in [3.8, 4) is 0 Å². The van der Waals surface area contributed by atoms with Crippen molar-refractivity contribution in [2.24, 2.45) is 0 Å². The van der Waals surface area contributed by atoms with Crippen LogP contribution in [-0.2, 0) is 43.0 Å². The van der Waals surface area contributed by atoms with Gasteiger partial charge in [-0.15, -0.1) is 0 Å². The molecule has 0 fully saturated rings. The van der Waals surface area contributed by atoms with Crippen molar-refractivity contribution in [2.75, 3.05) is 14.1 Å². The van der Waals surface area contributed by atoms with Gasteiger partial charge in [-0.25, -0.2) is 4.79 Å². The van der Waals surface area contributed by atoms with Crippen molar-refractivity contribution in [1.29, 1.82) is 0 Å². The molecule has 6 heteroatoms. The molecule has 0 spiro atoms. The number of nitrogens with zero attached hydrogens (tertiary/aromatic N) is 1. The molecule has 0 saturated carbocycles. The van der Waals surface area contributed by atoms with E-state index in [4.69, 9.17) is 5.11 Å². The summed E-state index contributed by atoms with van der Waals surface area (Å²) < 4.78 is 0. The topological polar surface area (TPSA) is 69.6 Å². The summed E-state index contributed by atoms with van der Waals surface area (Å²) in [7, 11) is 4.11. The molecule has 0 saturated heterocycles. The summed E-state index contributed by atoms with van der Waals surface area (Å²) in [6.45, 7) is 2.30. The molecule has 25 heavy (non-hydrogen) atoms. The minimum Gasteiger partial charge on any atom is -0.480 e. The molecule has 0 radical (unpaired) electrons. The number of amides is 1. The zero-order valence-corrected chi connectivity index (χ0v) is 16.2. The quantitative estimate of drug-likeness (QED) is 0.539. The van der Waals surface area contributed by atoms with E-state index in [1.165, 1.54) is 12.5 Å². The molecule has 0 aromatic heterocycles. The van der Waals surface area contributed by atoms with E-state index in [0.29, 0.717) is 6.42 Å². The molecule has 2 aromatic carbocycles. The summed E-state index contributed by atoms with van der Waals surface area (Å²) >= 11 is 0. The summed E-state index contributed by atoms with van der Waals surface area (Å²) in [6.07, 6.45) is 0.301. The Hall–Kier alpha value is -1.87. The average Bonchev–Trinajstić information content (AvgIpc) is 3.00. The molecule has 138 valence electrons. The SMILES string of the molecule is CC(=O)N[C@@H](Cc1ccccc1)C(=O)O.CN(C)Cc1[c-]cc[cH-]1.[Pd+2]. The molecule has 0 aliphatic heterocycles. The number of aliphatic carboxylic acids is 1. The van der Waals surface area contributed by atoms with Gasteiger partial charge in [0.15, 0.2) is 0 Å². The molecule has 0 unspecified atom stereocenters. The second-order valence-corrected chi connectivity index (χ2v) is 5.71. The fourth-order valence-corrected chi connectivity index (χ4v) is 2.10. The van der Waals surface area contributed by atoms with Crippen LogP contribution < -0.4 is 5.32 Å². The molecule has 0 heterocycles. The van der Waals surface area contributed by atoms with Gasteiger partial charge in [0.25, 0.3) is 0 Å². The van der Waals surface area contributed by atoms with Crippen LogP contribution in [0.4, 0.5) is 0 Å². The number of rotatable bonds is 6. The molecule has 2 aromatic rings. The fraction of sp³-hybridized carbons (Fsp3) is 0.316. The van der Waals surface area contributed by atoms with Crippen LogP contribution in [0.1, 0.15) is 18.1 Å². The Morgan fingerprint density at radius 1 is 1.28 bits per heavy atom. The van der Waals surface area contributed by atoms with E-state index < -0.39 is 12.0 Å². The predicted octanol–water partition coefficient (Wildman–Crippen LogP) is 2.08. The van der Waals surface area contributed by atoms with E-state index >= 15 is 0 Å². The number of carbonyl (C=O) groups is 2. The van der Waals surface area contributed by atoms with E-state index in [9.17, 15) is 9.59 Å². The summed E-state index contributed by atoms with van der Waals surface area (Å²) in [5.74, 6) is -1.35. The van der Waals surface area contributed by atoms with E-state index in [2.05, 4.69) is 36.4 Å². The molecule has 1 atom stereocenters. The summed E-state index contributed by atoms with van der Waals surface area (Å²) in [5, 5.41) is 11.3. The van der Waals surface area contributed by atoms with Gasteiger partial charge in [-0.05, 0) is 26.2 Å². The van der Waals surface area contributed by atoms with Crippen molar-refractivity contribution < 1.29 is 35.1 Å². The van der Waals surface area contributed by atoms with Crippen LogP contribution in [0.3, 0.4) is 0 Å². The zero-order chi connectivity index (χ0) is 17.9. The minimum atomic E-state index is -1.02. The van der Waals surface area contributed by atoms with Gasteiger partial charge in [0.2, 0.25) is 5.91 Å². The van der Waals surface area contributed by atoms with Crippen molar-refractivity contribution in [2.45, 2.75) is 25.9 Å². The van der Waals surface area contributed by atoms with Gasteiger partial charge in [-0.3, -0.25) is 10.4 Å². The molecule has 0 aliphatic rings. The Kier molecular flexibility index (Phi) is 11.6. The average molecular weight is 435 g/mol. The van der Waals surface area contributed by atoms with Crippen LogP contribution >= 0.6 is 0 Å². The molecular formula is C19H24N2O3Pd. The summed E-state index contributed by atoms with van der Waals surface area (Å²) in [6, 6.07) is 17.5. The van der Waals surface area contributed by atoms with Crippen molar-refractivity contribution in [3.05, 3.63) is 65.7 Å². The van der Waals surface area contributed by atoms with Crippen molar-refractivity contribution in [1.82, 2.24) is 10.2 Å². The Bertz CT molecular complexity index is 613. The maximum Gasteiger partial charge on any atom is 2.00 e. The minimum absolute atomic E-state index is 0. The number of hydrogen-bond acceptors (Lipinski definition) is 3. The van der Waals surface area contributed by atoms with Crippen LogP contribution in [0.25, 0.3) is 0 Å². The fourth-order valence-electron chi connectivity index (χ4n) is 2.10. The first-order valence-corrected chi connectivity index (χ1v) is 7.69. The number of hydrogen-bond donors (Lipinski definition) is 2. The normalized spacial score (nSPS) is 10.9. The Morgan fingerprint density at radius 2 is 1.92 bits per heavy atom. The second kappa shape index (κ2) is 12.5. The third kappa shape index (κ3) is 10.6.